The van der Waals surface area contributed by atoms with Gasteiger partial charge in [-0.1, -0.05) is 23.4 Å². The van der Waals surface area contributed by atoms with Crippen LogP contribution in [0.25, 0.3) is 11.1 Å². The van der Waals surface area contributed by atoms with Crippen LogP contribution in [0.15, 0.2) is 47.6 Å². The first-order valence-electron chi connectivity index (χ1n) is 9.56. The van der Waals surface area contributed by atoms with E-state index in [4.69, 9.17) is 14.3 Å². The highest BCUT2D eigenvalue weighted by atomic mass is 19.1. The molecule has 2 aromatic carbocycles. The predicted octanol–water partition coefficient (Wildman–Crippen LogP) is 4.68. The molecule has 1 heterocycles. The fourth-order valence-electron chi connectivity index (χ4n) is 2.89. The van der Waals surface area contributed by atoms with Gasteiger partial charge in [0.15, 0.2) is 6.10 Å². The zero-order valence-electron chi connectivity index (χ0n) is 17.1. The van der Waals surface area contributed by atoms with Gasteiger partial charge in [-0.3, -0.25) is 0 Å². The van der Waals surface area contributed by atoms with Gasteiger partial charge in [0.2, 0.25) is 0 Å². The number of benzene rings is 2. The van der Waals surface area contributed by atoms with Crippen molar-refractivity contribution in [3.63, 3.8) is 0 Å². The van der Waals surface area contributed by atoms with Crippen LogP contribution >= 0.6 is 0 Å². The van der Waals surface area contributed by atoms with Crippen molar-refractivity contribution in [1.29, 1.82) is 0 Å². The number of halogens is 2. The molecule has 0 aliphatic carbocycles. The summed E-state index contributed by atoms with van der Waals surface area (Å²) < 4.78 is 38.2. The van der Waals surface area contributed by atoms with Crippen LogP contribution < -0.4 is 10.1 Å². The Kier molecular flexibility index (Phi) is 6.54. The molecule has 1 atom stereocenters. The van der Waals surface area contributed by atoms with E-state index in [0.717, 1.165) is 6.07 Å². The summed E-state index contributed by atoms with van der Waals surface area (Å²) in [5.74, 6) is -0.838. The smallest absolute Gasteiger partial charge is 0.407 e. The molecule has 30 heavy (non-hydrogen) atoms. The Morgan fingerprint density at radius 3 is 2.60 bits per heavy atom. The number of carbonyl (C=O) groups excluding carboxylic acids is 1. The quantitative estimate of drug-likeness (QED) is 0.740. The number of amides is 1. The van der Waals surface area contributed by atoms with Crippen LogP contribution in [0.5, 0.6) is 5.75 Å². The van der Waals surface area contributed by atoms with Gasteiger partial charge in [-0.15, -0.1) is 0 Å². The third kappa shape index (κ3) is 6.17. The van der Waals surface area contributed by atoms with Gasteiger partial charge in [-0.25, -0.2) is 13.6 Å². The third-order valence-corrected chi connectivity index (χ3v) is 4.12. The fraction of sp³-hybridized carbons (Fsp3) is 0.364. The van der Waals surface area contributed by atoms with Crippen molar-refractivity contribution in [2.75, 3.05) is 13.2 Å². The molecule has 2 aromatic rings. The number of rotatable bonds is 6. The van der Waals surface area contributed by atoms with Gasteiger partial charge in [0, 0.05) is 18.1 Å². The Balaban J connectivity index is 1.54. The van der Waals surface area contributed by atoms with Crippen LogP contribution in [0, 0.1) is 11.6 Å². The van der Waals surface area contributed by atoms with E-state index in [9.17, 15) is 13.6 Å². The molecule has 1 amide bonds. The van der Waals surface area contributed by atoms with E-state index in [1.54, 1.807) is 45.0 Å². The maximum Gasteiger partial charge on any atom is 0.407 e. The number of oxime groups is 1. The zero-order chi connectivity index (χ0) is 21.7. The Morgan fingerprint density at radius 1 is 1.20 bits per heavy atom. The highest BCUT2D eigenvalue weighted by molar-refractivity contribution is 5.89. The highest BCUT2D eigenvalue weighted by Gasteiger charge is 2.23. The second-order valence-electron chi connectivity index (χ2n) is 7.91. The molecule has 1 aliphatic heterocycles. The number of alkyl carbamates (subject to hydrolysis) is 1. The highest BCUT2D eigenvalue weighted by Crippen LogP contribution is 2.31. The summed E-state index contributed by atoms with van der Waals surface area (Å²) in [6.07, 6.45) is -0.383. The monoisotopic (exact) mass is 418 g/mol. The Bertz CT molecular complexity index is 921. The summed E-state index contributed by atoms with van der Waals surface area (Å²) in [5.41, 5.74) is 1.04. The molecular weight excluding hydrogens is 394 g/mol. The van der Waals surface area contributed by atoms with E-state index in [0.29, 0.717) is 29.0 Å². The topological polar surface area (TPSA) is 69.2 Å². The largest absolute Gasteiger partial charge is 0.489 e. The minimum absolute atomic E-state index is 0.189. The molecule has 0 saturated carbocycles. The van der Waals surface area contributed by atoms with Crippen LogP contribution in [0.4, 0.5) is 13.6 Å². The molecule has 3 rings (SSSR count). The SMILES string of the molecule is CC(C)(C)OC(=O)NCC1=NOC(COc2ccccc2-c2cc(F)cc(F)c2)C1. The minimum atomic E-state index is -0.658. The van der Waals surface area contributed by atoms with Crippen molar-refractivity contribution in [2.45, 2.75) is 38.9 Å². The molecular formula is C22H24F2N2O4. The second-order valence-corrected chi connectivity index (χ2v) is 7.91. The number of para-hydroxylation sites is 1. The number of hydrogen-bond acceptors (Lipinski definition) is 5. The Labute approximate surface area is 173 Å². The standard InChI is InChI=1S/C22H24F2N2O4/c1-22(2,3)29-21(27)25-12-17-11-18(30-26-17)13-28-20-7-5-4-6-19(20)14-8-15(23)10-16(24)9-14/h4-10,18H,11-13H2,1-3H3,(H,25,27). The van der Waals surface area contributed by atoms with E-state index in [1.807, 2.05) is 0 Å². The van der Waals surface area contributed by atoms with Gasteiger partial charge >= 0.3 is 6.09 Å². The molecule has 8 heteroatoms. The number of ether oxygens (including phenoxy) is 2. The van der Waals surface area contributed by atoms with Crippen LogP contribution in [0.3, 0.4) is 0 Å². The van der Waals surface area contributed by atoms with Crippen molar-refractivity contribution >= 4 is 11.8 Å². The summed E-state index contributed by atoms with van der Waals surface area (Å²) >= 11 is 0. The lowest BCUT2D eigenvalue weighted by Gasteiger charge is -2.19. The van der Waals surface area contributed by atoms with Gasteiger partial charge in [-0.05, 0) is 44.5 Å². The third-order valence-electron chi connectivity index (χ3n) is 4.12. The van der Waals surface area contributed by atoms with Gasteiger partial charge in [-0.2, -0.15) is 0 Å². The molecule has 0 bridgehead atoms. The summed E-state index contributed by atoms with van der Waals surface area (Å²) in [6.45, 7) is 5.75. The van der Waals surface area contributed by atoms with Crippen molar-refractivity contribution < 1.29 is 27.9 Å². The first-order valence-corrected chi connectivity index (χ1v) is 9.56. The van der Waals surface area contributed by atoms with E-state index in [1.165, 1.54) is 12.1 Å². The van der Waals surface area contributed by atoms with Crippen LogP contribution in [-0.2, 0) is 9.57 Å². The molecule has 0 aromatic heterocycles. The van der Waals surface area contributed by atoms with Crippen LogP contribution in [-0.4, -0.2) is 36.7 Å². The van der Waals surface area contributed by atoms with E-state index < -0.39 is 23.3 Å². The molecule has 0 spiro atoms. The van der Waals surface area contributed by atoms with Crippen LogP contribution in [0.2, 0.25) is 0 Å². The van der Waals surface area contributed by atoms with E-state index in [2.05, 4.69) is 10.5 Å². The number of carbonyl (C=O) groups is 1. The number of nitrogens with zero attached hydrogens (tertiary/aromatic N) is 1. The van der Waals surface area contributed by atoms with Crippen molar-refractivity contribution in [3.05, 3.63) is 54.1 Å². The predicted molar refractivity (Wildman–Crippen MR) is 108 cm³/mol. The second kappa shape index (κ2) is 9.11. The van der Waals surface area contributed by atoms with Crippen molar-refractivity contribution in [2.24, 2.45) is 5.16 Å². The normalized spacial score (nSPS) is 15.9. The summed E-state index contributed by atoms with van der Waals surface area (Å²) in [6, 6.07) is 10.3. The average molecular weight is 418 g/mol. The van der Waals surface area contributed by atoms with Crippen molar-refractivity contribution in [1.82, 2.24) is 5.32 Å². The first-order chi connectivity index (χ1) is 14.2. The lowest BCUT2D eigenvalue weighted by atomic mass is 10.0. The lowest BCUT2D eigenvalue weighted by Crippen LogP contribution is -2.35. The molecule has 1 unspecified atom stereocenters. The number of nitrogens with one attached hydrogen (secondary N) is 1. The average Bonchev–Trinajstić information content (AvgIpc) is 3.11. The Hall–Kier alpha value is -3.16. The van der Waals surface area contributed by atoms with Gasteiger partial charge in [0.1, 0.15) is 29.6 Å². The van der Waals surface area contributed by atoms with E-state index >= 15 is 0 Å². The maximum absolute atomic E-state index is 13.6. The lowest BCUT2D eigenvalue weighted by molar-refractivity contribution is 0.0472. The Morgan fingerprint density at radius 2 is 1.90 bits per heavy atom. The zero-order valence-corrected chi connectivity index (χ0v) is 17.1. The molecule has 0 saturated heterocycles. The number of hydrogen-bond donors (Lipinski definition) is 1. The van der Waals surface area contributed by atoms with Gasteiger partial charge < -0.3 is 19.6 Å². The molecule has 0 radical (unpaired) electrons. The molecule has 160 valence electrons. The van der Waals surface area contributed by atoms with E-state index in [-0.39, 0.29) is 19.3 Å². The summed E-state index contributed by atoms with van der Waals surface area (Å²) in [5, 5.41) is 6.60. The molecule has 6 nitrogen and oxygen atoms in total. The van der Waals surface area contributed by atoms with Crippen LogP contribution in [0.1, 0.15) is 27.2 Å². The first kappa shape index (κ1) is 21.5. The van der Waals surface area contributed by atoms with Gasteiger partial charge in [0.05, 0.1) is 12.3 Å². The molecule has 1 N–H and O–H groups in total. The molecule has 0 fully saturated rings. The summed E-state index contributed by atoms with van der Waals surface area (Å²) in [4.78, 5) is 17.1. The van der Waals surface area contributed by atoms with Gasteiger partial charge in [0.25, 0.3) is 0 Å². The minimum Gasteiger partial charge on any atom is -0.489 e. The molecule has 1 aliphatic rings. The maximum atomic E-state index is 13.6. The van der Waals surface area contributed by atoms with Crippen molar-refractivity contribution in [3.8, 4) is 16.9 Å². The summed E-state index contributed by atoms with van der Waals surface area (Å²) in [7, 11) is 0. The fourth-order valence-corrected chi connectivity index (χ4v) is 2.89.